The van der Waals surface area contributed by atoms with Crippen molar-refractivity contribution in [3.63, 3.8) is 0 Å². The van der Waals surface area contributed by atoms with E-state index in [4.69, 9.17) is 0 Å². The number of halogens is 1. The summed E-state index contributed by atoms with van der Waals surface area (Å²) >= 11 is 0. The predicted molar refractivity (Wildman–Crippen MR) is 127 cm³/mol. The van der Waals surface area contributed by atoms with Crippen LogP contribution in [-0.4, -0.2) is 44.2 Å². The number of amides is 2. The maximum Gasteiger partial charge on any atom is 0.264 e. The largest absolute Gasteiger partial charge is 0.354 e. The van der Waals surface area contributed by atoms with Gasteiger partial charge in [-0.3, -0.25) is 19.0 Å². The third-order valence-corrected chi connectivity index (χ3v) is 6.07. The minimum Gasteiger partial charge on any atom is -0.354 e. The first kappa shape index (κ1) is 22.5. The van der Waals surface area contributed by atoms with Gasteiger partial charge in [0.2, 0.25) is 11.8 Å². The van der Waals surface area contributed by atoms with E-state index in [0.717, 1.165) is 5.56 Å². The van der Waals surface area contributed by atoms with E-state index in [2.05, 4.69) is 15.4 Å². The van der Waals surface area contributed by atoms with Crippen molar-refractivity contribution in [1.82, 2.24) is 24.6 Å². The number of anilines is 1. The Bertz CT molecular complexity index is 1430. The van der Waals surface area contributed by atoms with E-state index in [9.17, 15) is 18.8 Å². The Labute approximate surface area is 199 Å². The van der Waals surface area contributed by atoms with Crippen LogP contribution in [0.15, 0.2) is 71.9 Å². The fourth-order valence-electron chi connectivity index (χ4n) is 4.24. The van der Waals surface area contributed by atoms with Crippen LogP contribution >= 0.6 is 0 Å². The number of aromatic nitrogens is 4. The van der Waals surface area contributed by atoms with Gasteiger partial charge in [0.15, 0.2) is 5.65 Å². The van der Waals surface area contributed by atoms with Crippen molar-refractivity contribution < 1.29 is 14.0 Å². The van der Waals surface area contributed by atoms with Gasteiger partial charge in [0.05, 0.1) is 25.2 Å². The first-order valence-electron chi connectivity index (χ1n) is 11.3. The van der Waals surface area contributed by atoms with E-state index in [-0.39, 0.29) is 42.7 Å². The summed E-state index contributed by atoms with van der Waals surface area (Å²) < 4.78 is 16.3. The lowest BCUT2D eigenvalue weighted by molar-refractivity contribution is -0.126. The fourth-order valence-corrected chi connectivity index (χ4v) is 4.24. The molecule has 1 saturated heterocycles. The Kier molecular flexibility index (Phi) is 6.09. The summed E-state index contributed by atoms with van der Waals surface area (Å²) in [5.74, 6) is -1.29. The Balaban J connectivity index is 1.19. The molecule has 0 aliphatic carbocycles. The number of nitrogens with zero attached hydrogens (tertiary/aromatic N) is 5. The number of hydrogen-bond acceptors (Lipinski definition) is 5. The van der Waals surface area contributed by atoms with Gasteiger partial charge in [-0.05, 0) is 29.8 Å². The lowest BCUT2D eigenvalue weighted by Gasteiger charge is -2.16. The van der Waals surface area contributed by atoms with Gasteiger partial charge in [-0.15, -0.1) is 0 Å². The number of fused-ring (bicyclic) bond motifs is 1. The van der Waals surface area contributed by atoms with Crippen LogP contribution in [0.25, 0.3) is 11.0 Å². The molecule has 1 aliphatic rings. The molecule has 35 heavy (non-hydrogen) atoms. The summed E-state index contributed by atoms with van der Waals surface area (Å²) in [5, 5.41) is 7.51. The molecule has 2 aromatic heterocycles. The van der Waals surface area contributed by atoms with Crippen LogP contribution in [0.5, 0.6) is 0 Å². The standard InChI is InChI=1S/C25H23FN6O3/c26-19-6-8-20(9-7-19)31-15-18(12-22(31)33)24(34)27-10-11-32-23-21(13-29-32)25(35)30(16-28-23)14-17-4-2-1-3-5-17/h1-9,13,16,18H,10-12,14-15H2,(H,27,34)/t18-/m1/s1. The number of rotatable bonds is 7. The van der Waals surface area contributed by atoms with Gasteiger partial charge in [0.1, 0.15) is 17.5 Å². The molecule has 5 rings (SSSR count). The van der Waals surface area contributed by atoms with Gasteiger partial charge in [0.25, 0.3) is 5.56 Å². The van der Waals surface area contributed by atoms with Crippen molar-refractivity contribution >= 4 is 28.5 Å². The van der Waals surface area contributed by atoms with Crippen LogP contribution in [0, 0.1) is 11.7 Å². The molecule has 9 nitrogen and oxygen atoms in total. The summed E-state index contributed by atoms with van der Waals surface area (Å²) in [5.41, 5.74) is 1.83. The van der Waals surface area contributed by atoms with E-state index in [0.29, 0.717) is 29.8 Å². The monoisotopic (exact) mass is 474 g/mol. The summed E-state index contributed by atoms with van der Waals surface area (Å²) in [6, 6.07) is 15.3. The quantitative estimate of drug-likeness (QED) is 0.441. The normalized spacial score (nSPS) is 15.6. The topological polar surface area (TPSA) is 102 Å². The fraction of sp³-hybridized carbons (Fsp3) is 0.240. The van der Waals surface area contributed by atoms with Crippen molar-refractivity contribution in [2.24, 2.45) is 5.92 Å². The molecule has 0 spiro atoms. The molecular weight excluding hydrogens is 451 g/mol. The lowest BCUT2D eigenvalue weighted by Crippen LogP contribution is -2.35. The number of carbonyl (C=O) groups is 2. The maximum absolute atomic E-state index is 13.2. The predicted octanol–water partition coefficient (Wildman–Crippen LogP) is 1.95. The summed E-state index contributed by atoms with van der Waals surface area (Å²) in [4.78, 5) is 43.7. The van der Waals surface area contributed by atoms with E-state index in [1.807, 2.05) is 30.3 Å². The number of nitrogens with one attached hydrogen (secondary N) is 1. The van der Waals surface area contributed by atoms with Gasteiger partial charge < -0.3 is 10.2 Å². The zero-order valence-corrected chi connectivity index (χ0v) is 18.8. The molecule has 0 radical (unpaired) electrons. The third kappa shape index (κ3) is 4.68. The van der Waals surface area contributed by atoms with E-state index < -0.39 is 5.92 Å². The zero-order valence-electron chi connectivity index (χ0n) is 18.8. The molecule has 1 aliphatic heterocycles. The molecule has 10 heteroatoms. The van der Waals surface area contributed by atoms with Crippen molar-refractivity contribution in [2.75, 3.05) is 18.0 Å². The average molecular weight is 474 g/mol. The van der Waals surface area contributed by atoms with Crippen LogP contribution in [0.1, 0.15) is 12.0 Å². The SMILES string of the molecule is O=C(NCCn1ncc2c(=O)n(Cc3ccccc3)cnc21)[C@@H]1CC(=O)N(c2ccc(F)cc2)C1. The van der Waals surface area contributed by atoms with E-state index >= 15 is 0 Å². The average Bonchev–Trinajstić information content (AvgIpc) is 3.46. The Morgan fingerprint density at radius 3 is 2.63 bits per heavy atom. The Morgan fingerprint density at radius 2 is 1.86 bits per heavy atom. The van der Waals surface area contributed by atoms with Gasteiger partial charge in [-0.2, -0.15) is 5.10 Å². The number of carbonyl (C=O) groups excluding carboxylic acids is 2. The molecule has 0 saturated carbocycles. The van der Waals surface area contributed by atoms with Gasteiger partial charge in [-0.25, -0.2) is 14.1 Å². The molecule has 1 fully saturated rings. The first-order chi connectivity index (χ1) is 17.0. The third-order valence-electron chi connectivity index (χ3n) is 6.07. The molecule has 0 bridgehead atoms. The van der Waals surface area contributed by atoms with E-state index in [1.54, 1.807) is 4.68 Å². The van der Waals surface area contributed by atoms with Gasteiger partial charge in [-0.1, -0.05) is 30.3 Å². The molecule has 1 atom stereocenters. The van der Waals surface area contributed by atoms with Crippen molar-refractivity contribution in [1.29, 1.82) is 0 Å². The highest BCUT2D eigenvalue weighted by atomic mass is 19.1. The minimum atomic E-state index is -0.495. The highest BCUT2D eigenvalue weighted by Crippen LogP contribution is 2.25. The van der Waals surface area contributed by atoms with Gasteiger partial charge in [0, 0.05) is 25.2 Å². The molecule has 0 unspecified atom stereocenters. The second-order valence-corrected chi connectivity index (χ2v) is 8.44. The van der Waals surface area contributed by atoms with Crippen LogP contribution in [0.4, 0.5) is 10.1 Å². The molecule has 2 aromatic carbocycles. The summed E-state index contributed by atoms with van der Waals surface area (Å²) in [6.45, 7) is 1.25. The van der Waals surface area contributed by atoms with E-state index in [1.165, 1.54) is 46.3 Å². The number of benzene rings is 2. The summed E-state index contributed by atoms with van der Waals surface area (Å²) in [7, 11) is 0. The minimum absolute atomic E-state index is 0.0937. The molecule has 178 valence electrons. The Hall–Kier alpha value is -4.34. The molecule has 3 heterocycles. The smallest absolute Gasteiger partial charge is 0.264 e. The second-order valence-electron chi connectivity index (χ2n) is 8.44. The van der Waals surface area contributed by atoms with Crippen molar-refractivity contribution in [2.45, 2.75) is 19.5 Å². The molecule has 1 N–H and O–H groups in total. The summed E-state index contributed by atoms with van der Waals surface area (Å²) in [6.07, 6.45) is 3.09. The first-order valence-corrected chi connectivity index (χ1v) is 11.3. The molecule has 4 aromatic rings. The van der Waals surface area contributed by atoms with Crippen molar-refractivity contribution in [3.8, 4) is 0 Å². The van der Waals surface area contributed by atoms with Crippen LogP contribution < -0.4 is 15.8 Å². The van der Waals surface area contributed by atoms with Crippen LogP contribution in [0.2, 0.25) is 0 Å². The van der Waals surface area contributed by atoms with Crippen LogP contribution in [0.3, 0.4) is 0 Å². The molecule has 2 amide bonds. The second kappa shape index (κ2) is 9.49. The zero-order chi connectivity index (χ0) is 24.4. The van der Waals surface area contributed by atoms with Crippen LogP contribution in [-0.2, 0) is 22.7 Å². The number of hydrogen-bond donors (Lipinski definition) is 1. The highest BCUT2D eigenvalue weighted by Gasteiger charge is 2.35. The van der Waals surface area contributed by atoms with Gasteiger partial charge >= 0.3 is 0 Å². The lowest BCUT2D eigenvalue weighted by atomic mass is 10.1. The molecular formula is C25H23FN6O3. The maximum atomic E-state index is 13.2. The highest BCUT2D eigenvalue weighted by molar-refractivity contribution is 6.00. The van der Waals surface area contributed by atoms with Crippen molar-refractivity contribution in [3.05, 3.63) is 88.9 Å². The Morgan fingerprint density at radius 1 is 1.09 bits per heavy atom.